The van der Waals surface area contributed by atoms with Gasteiger partial charge in [0.05, 0.1) is 5.69 Å². The van der Waals surface area contributed by atoms with E-state index in [0.717, 1.165) is 5.69 Å². The van der Waals surface area contributed by atoms with Gasteiger partial charge < -0.3 is 0 Å². The molecule has 1 aromatic heterocycles. The summed E-state index contributed by atoms with van der Waals surface area (Å²) >= 11 is 0. The van der Waals surface area contributed by atoms with Gasteiger partial charge in [0.25, 0.3) is 0 Å². The zero-order valence-corrected chi connectivity index (χ0v) is 8.37. The summed E-state index contributed by atoms with van der Waals surface area (Å²) in [6.07, 6.45) is 2.19. The predicted molar refractivity (Wildman–Crippen MR) is 52.7 cm³/mol. The Bertz CT molecular complexity index is 305. The van der Waals surface area contributed by atoms with Crippen LogP contribution >= 0.6 is 0 Å². The molecular weight excluding hydrogens is 162 g/mol. The minimum atomic E-state index is 0.167. The number of nitrogens with zero attached hydrogens (tertiary/aromatic N) is 1. The highest BCUT2D eigenvalue weighted by atomic mass is 16.1. The van der Waals surface area contributed by atoms with Crippen molar-refractivity contribution in [3.8, 4) is 0 Å². The second-order valence-electron chi connectivity index (χ2n) is 3.57. The lowest BCUT2D eigenvalue weighted by molar-refractivity contribution is -0.116. The van der Waals surface area contributed by atoms with Crippen molar-refractivity contribution in [2.45, 2.75) is 33.1 Å². The molecule has 2 nitrogen and oxygen atoms in total. The van der Waals surface area contributed by atoms with Gasteiger partial charge in [-0.3, -0.25) is 9.78 Å². The van der Waals surface area contributed by atoms with Crippen LogP contribution in [0.25, 0.3) is 0 Å². The first-order valence-electron chi connectivity index (χ1n) is 4.54. The Kier molecular flexibility index (Phi) is 3.18. The zero-order chi connectivity index (χ0) is 9.84. The van der Waals surface area contributed by atoms with Gasteiger partial charge in [0.1, 0.15) is 5.78 Å². The number of pyridine rings is 1. The van der Waals surface area contributed by atoms with Crippen LogP contribution in [0.5, 0.6) is 0 Å². The van der Waals surface area contributed by atoms with Crippen molar-refractivity contribution >= 4 is 5.78 Å². The molecule has 1 aromatic rings. The molecule has 70 valence electrons. The monoisotopic (exact) mass is 177 g/mol. The van der Waals surface area contributed by atoms with Crippen LogP contribution in [0.4, 0.5) is 0 Å². The van der Waals surface area contributed by atoms with Crippen molar-refractivity contribution in [1.82, 2.24) is 4.98 Å². The fraction of sp³-hybridized carbons (Fsp3) is 0.455. The van der Waals surface area contributed by atoms with E-state index in [2.05, 4.69) is 18.8 Å². The average molecular weight is 177 g/mol. The van der Waals surface area contributed by atoms with Crippen molar-refractivity contribution in [1.29, 1.82) is 0 Å². The molecule has 0 aromatic carbocycles. The summed E-state index contributed by atoms with van der Waals surface area (Å²) in [5.41, 5.74) is 2.10. The third-order valence-electron chi connectivity index (χ3n) is 1.96. The molecule has 0 saturated carbocycles. The fourth-order valence-corrected chi connectivity index (χ4v) is 1.36. The number of carbonyl (C=O) groups excluding carboxylic acids is 1. The second kappa shape index (κ2) is 4.17. The lowest BCUT2D eigenvalue weighted by Gasteiger charge is -2.09. The molecule has 13 heavy (non-hydrogen) atoms. The van der Waals surface area contributed by atoms with E-state index in [-0.39, 0.29) is 5.78 Å². The van der Waals surface area contributed by atoms with Crippen molar-refractivity contribution in [2.75, 3.05) is 0 Å². The number of rotatable bonds is 3. The summed E-state index contributed by atoms with van der Waals surface area (Å²) < 4.78 is 0. The van der Waals surface area contributed by atoms with Crippen LogP contribution in [0.3, 0.4) is 0 Å². The SMILES string of the molecule is CC(=O)Cc1ncccc1C(C)C. The summed E-state index contributed by atoms with van der Waals surface area (Å²) in [5.74, 6) is 0.601. The van der Waals surface area contributed by atoms with Gasteiger partial charge in [-0.05, 0) is 24.5 Å². The van der Waals surface area contributed by atoms with E-state index in [0.29, 0.717) is 12.3 Å². The average Bonchev–Trinajstić information content (AvgIpc) is 2.03. The van der Waals surface area contributed by atoms with Crippen LogP contribution in [0.15, 0.2) is 18.3 Å². The maximum atomic E-state index is 10.9. The van der Waals surface area contributed by atoms with Gasteiger partial charge in [-0.25, -0.2) is 0 Å². The Balaban J connectivity index is 2.97. The molecule has 0 spiro atoms. The van der Waals surface area contributed by atoms with Crippen LogP contribution in [-0.4, -0.2) is 10.8 Å². The molecule has 0 unspecified atom stereocenters. The standard InChI is InChI=1S/C11H15NO/c1-8(2)10-5-4-6-12-11(10)7-9(3)13/h4-6,8H,7H2,1-3H3. The largest absolute Gasteiger partial charge is 0.300 e. The van der Waals surface area contributed by atoms with Gasteiger partial charge in [0.15, 0.2) is 0 Å². The number of hydrogen-bond donors (Lipinski definition) is 0. The summed E-state index contributed by atoms with van der Waals surface area (Å²) in [6, 6.07) is 3.95. The van der Waals surface area contributed by atoms with Gasteiger partial charge in [0.2, 0.25) is 0 Å². The molecule has 0 fully saturated rings. The molecule has 1 rings (SSSR count). The van der Waals surface area contributed by atoms with Crippen LogP contribution < -0.4 is 0 Å². The van der Waals surface area contributed by atoms with E-state index in [1.807, 2.05) is 12.1 Å². The van der Waals surface area contributed by atoms with Crippen LogP contribution in [0.1, 0.15) is 37.9 Å². The Morgan fingerprint density at radius 1 is 1.54 bits per heavy atom. The van der Waals surface area contributed by atoms with Gasteiger partial charge >= 0.3 is 0 Å². The molecule has 0 radical (unpaired) electrons. The van der Waals surface area contributed by atoms with E-state index >= 15 is 0 Å². The lowest BCUT2D eigenvalue weighted by atomic mass is 9.99. The van der Waals surface area contributed by atoms with Crippen molar-refractivity contribution in [2.24, 2.45) is 0 Å². The van der Waals surface area contributed by atoms with Crippen molar-refractivity contribution in [3.05, 3.63) is 29.6 Å². The van der Waals surface area contributed by atoms with Crippen LogP contribution in [-0.2, 0) is 11.2 Å². The van der Waals surface area contributed by atoms with E-state index in [4.69, 9.17) is 0 Å². The summed E-state index contributed by atoms with van der Waals surface area (Å²) in [6.45, 7) is 5.82. The first kappa shape index (κ1) is 9.90. The maximum absolute atomic E-state index is 10.9. The molecule has 0 bridgehead atoms. The maximum Gasteiger partial charge on any atom is 0.135 e. The Hall–Kier alpha value is -1.18. The van der Waals surface area contributed by atoms with E-state index < -0.39 is 0 Å². The highest BCUT2D eigenvalue weighted by Crippen LogP contribution is 2.17. The third kappa shape index (κ3) is 2.65. The quantitative estimate of drug-likeness (QED) is 0.709. The smallest absolute Gasteiger partial charge is 0.135 e. The van der Waals surface area contributed by atoms with E-state index in [1.54, 1.807) is 13.1 Å². The summed E-state index contributed by atoms with van der Waals surface area (Å²) in [4.78, 5) is 15.2. The van der Waals surface area contributed by atoms with E-state index in [9.17, 15) is 4.79 Å². The van der Waals surface area contributed by atoms with Crippen molar-refractivity contribution in [3.63, 3.8) is 0 Å². The van der Waals surface area contributed by atoms with Crippen molar-refractivity contribution < 1.29 is 4.79 Å². The zero-order valence-electron chi connectivity index (χ0n) is 8.37. The van der Waals surface area contributed by atoms with Gasteiger partial charge in [0, 0.05) is 12.6 Å². The third-order valence-corrected chi connectivity index (χ3v) is 1.96. The highest BCUT2D eigenvalue weighted by Gasteiger charge is 2.08. The molecule has 0 saturated heterocycles. The predicted octanol–water partition coefficient (Wildman–Crippen LogP) is 2.34. The second-order valence-corrected chi connectivity index (χ2v) is 3.57. The Labute approximate surface area is 79.0 Å². The van der Waals surface area contributed by atoms with E-state index in [1.165, 1.54) is 5.56 Å². The summed E-state index contributed by atoms with van der Waals surface area (Å²) in [5, 5.41) is 0. The molecule has 0 atom stereocenters. The molecule has 0 aliphatic rings. The van der Waals surface area contributed by atoms with Gasteiger partial charge in [-0.2, -0.15) is 0 Å². The van der Waals surface area contributed by atoms with Gasteiger partial charge in [-0.1, -0.05) is 19.9 Å². The Morgan fingerprint density at radius 3 is 2.77 bits per heavy atom. The number of ketones is 1. The van der Waals surface area contributed by atoms with Crippen LogP contribution in [0.2, 0.25) is 0 Å². The molecule has 0 aliphatic heterocycles. The van der Waals surface area contributed by atoms with Crippen LogP contribution in [0, 0.1) is 0 Å². The normalized spacial score (nSPS) is 10.5. The minimum Gasteiger partial charge on any atom is -0.300 e. The molecule has 0 N–H and O–H groups in total. The first-order chi connectivity index (χ1) is 6.11. The first-order valence-corrected chi connectivity index (χ1v) is 4.54. The highest BCUT2D eigenvalue weighted by molar-refractivity contribution is 5.78. The number of aromatic nitrogens is 1. The minimum absolute atomic E-state index is 0.167. The molecule has 2 heteroatoms. The number of Topliss-reactive ketones (excluding diaryl/α,β-unsaturated/α-hetero) is 1. The molecule has 1 heterocycles. The molecular formula is C11H15NO. The fourth-order valence-electron chi connectivity index (χ4n) is 1.36. The molecule has 0 aliphatic carbocycles. The lowest BCUT2D eigenvalue weighted by Crippen LogP contribution is -2.04. The molecule has 0 amide bonds. The number of carbonyl (C=O) groups is 1. The van der Waals surface area contributed by atoms with Gasteiger partial charge in [-0.15, -0.1) is 0 Å². The topological polar surface area (TPSA) is 30.0 Å². The Morgan fingerprint density at radius 2 is 2.23 bits per heavy atom. The number of hydrogen-bond acceptors (Lipinski definition) is 2. The summed E-state index contributed by atoms with van der Waals surface area (Å²) in [7, 11) is 0.